The summed E-state index contributed by atoms with van der Waals surface area (Å²) < 4.78 is 2.14. The molecule has 1 aromatic heterocycles. The molecule has 0 aliphatic carbocycles. The fourth-order valence-corrected chi connectivity index (χ4v) is 5.35. The number of aromatic nitrogens is 1. The van der Waals surface area contributed by atoms with Gasteiger partial charge in [0.15, 0.2) is 5.69 Å². The van der Waals surface area contributed by atoms with Crippen LogP contribution in [0, 0.1) is 40.6 Å². The van der Waals surface area contributed by atoms with Crippen LogP contribution in [-0.4, -0.2) is 4.57 Å². The van der Waals surface area contributed by atoms with Gasteiger partial charge in [0.05, 0.1) is 46.9 Å². The molecule has 0 saturated heterocycles. The van der Waals surface area contributed by atoms with Crippen LogP contribution in [0.15, 0.2) is 103 Å². The molecule has 0 aliphatic heterocycles. The Labute approximate surface area is 225 Å². The van der Waals surface area contributed by atoms with Crippen LogP contribution in [0.25, 0.3) is 54.6 Å². The molecule has 0 fully saturated rings. The van der Waals surface area contributed by atoms with Crippen LogP contribution in [0.1, 0.15) is 16.7 Å². The average Bonchev–Trinajstić information content (AvgIpc) is 3.34. The van der Waals surface area contributed by atoms with E-state index in [2.05, 4.69) is 27.6 Å². The maximum absolute atomic E-state index is 9.92. The summed E-state index contributed by atoms with van der Waals surface area (Å²) in [5.41, 5.74) is 7.24. The zero-order valence-corrected chi connectivity index (χ0v) is 20.6. The highest BCUT2D eigenvalue weighted by molar-refractivity contribution is 6.17. The smallest absolute Gasteiger partial charge is 0.196 e. The van der Waals surface area contributed by atoms with Crippen LogP contribution in [0.5, 0.6) is 0 Å². The average molecular weight is 496 g/mol. The topological polar surface area (TPSA) is 80.7 Å². The summed E-state index contributed by atoms with van der Waals surface area (Å²) in [6, 6.07) is 38.9. The summed E-state index contributed by atoms with van der Waals surface area (Å²) in [5, 5.41) is 31.4. The van der Waals surface area contributed by atoms with Crippen molar-refractivity contribution in [3.05, 3.63) is 131 Å². The number of benzene rings is 5. The summed E-state index contributed by atoms with van der Waals surface area (Å²) in [6.07, 6.45) is 0. The fourth-order valence-electron chi connectivity index (χ4n) is 5.35. The quantitative estimate of drug-likeness (QED) is 0.232. The molecule has 5 aromatic carbocycles. The van der Waals surface area contributed by atoms with Crippen LogP contribution in [-0.2, 0) is 0 Å². The van der Waals surface area contributed by atoms with Crippen LogP contribution in [0.3, 0.4) is 0 Å². The van der Waals surface area contributed by atoms with Gasteiger partial charge < -0.3 is 4.57 Å². The maximum atomic E-state index is 9.92. The fraction of sp³-hybridized carbons (Fsp3) is 0. The van der Waals surface area contributed by atoms with Gasteiger partial charge in [0, 0.05) is 33.2 Å². The summed E-state index contributed by atoms with van der Waals surface area (Å²) in [5.74, 6) is 0. The van der Waals surface area contributed by atoms with Crippen molar-refractivity contribution >= 4 is 27.5 Å². The first kappa shape index (κ1) is 23.3. The molecule has 0 saturated carbocycles. The van der Waals surface area contributed by atoms with Crippen LogP contribution in [0.4, 0.5) is 5.69 Å². The Morgan fingerprint density at radius 2 is 1.26 bits per heavy atom. The monoisotopic (exact) mass is 495 g/mol. The van der Waals surface area contributed by atoms with Gasteiger partial charge in [0.25, 0.3) is 0 Å². The molecule has 0 amide bonds. The third-order valence-corrected chi connectivity index (χ3v) is 6.95. The molecule has 0 aliphatic rings. The van der Waals surface area contributed by atoms with E-state index in [0.717, 1.165) is 38.6 Å². The Hall–Kier alpha value is -6.14. The molecule has 178 valence electrons. The summed E-state index contributed by atoms with van der Waals surface area (Å²) in [4.78, 5) is 3.73. The van der Waals surface area contributed by atoms with E-state index in [1.54, 1.807) is 36.4 Å². The standard InChI is InChI=1S/C34H17N5/c1-38-29-14-6-10-25(21-37)33(29)28-13-7-15-30-34(28)27-17-16-22(32-23(19-35)8-5-9-24(32)20-36)18-31(27)39(30)26-11-3-2-4-12-26/h2-18H. The number of rotatable bonds is 3. The zero-order valence-electron chi connectivity index (χ0n) is 20.6. The van der Waals surface area contributed by atoms with E-state index in [4.69, 9.17) is 6.57 Å². The van der Waals surface area contributed by atoms with Gasteiger partial charge in [-0.1, -0.05) is 60.7 Å². The largest absolute Gasteiger partial charge is 0.309 e. The van der Waals surface area contributed by atoms with Crippen molar-refractivity contribution in [3.8, 4) is 46.1 Å². The SMILES string of the molecule is [C-]#[N+]c1cccc(C#N)c1-c1cccc2c1c1ccc(-c3c(C#N)cccc3C#N)cc1n2-c1ccccc1. The molecule has 39 heavy (non-hydrogen) atoms. The molecule has 0 unspecified atom stereocenters. The number of para-hydroxylation sites is 1. The summed E-state index contributed by atoms with van der Waals surface area (Å²) in [6.45, 7) is 7.77. The highest BCUT2D eigenvalue weighted by Crippen LogP contribution is 2.44. The molecule has 6 aromatic rings. The first-order valence-electron chi connectivity index (χ1n) is 12.2. The highest BCUT2D eigenvalue weighted by atomic mass is 15.0. The second-order valence-electron chi connectivity index (χ2n) is 8.98. The van der Waals surface area contributed by atoms with Gasteiger partial charge in [0.2, 0.25) is 0 Å². The van der Waals surface area contributed by atoms with Crippen molar-refractivity contribution < 1.29 is 0 Å². The normalized spacial score (nSPS) is 10.5. The zero-order chi connectivity index (χ0) is 26.9. The minimum atomic E-state index is 0.417. The van der Waals surface area contributed by atoms with Crippen LogP contribution < -0.4 is 0 Å². The maximum Gasteiger partial charge on any atom is 0.196 e. The Morgan fingerprint density at radius 3 is 1.92 bits per heavy atom. The van der Waals surface area contributed by atoms with Crippen molar-refractivity contribution in [1.29, 1.82) is 15.8 Å². The van der Waals surface area contributed by atoms with E-state index in [9.17, 15) is 15.8 Å². The van der Waals surface area contributed by atoms with E-state index in [1.165, 1.54) is 0 Å². The second-order valence-corrected chi connectivity index (χ2v) is 8.98. The minimum Gasteiger partial charge on any atom is -0.309 e. The van der Waals surface area contributed by atoms with Gasteiger partial charge in [0.1, 0.15) is 0 Å². The minimum absolute atomic E-state index is 0.417. The third-order valence-electron chi connectivity index (χ3n) is 6.95. The Balaban J connectivity index is 1.78. The molecule has 0 atom stereocenters. The van der Waals surface area contributed by atoms with Gasteiger partial charge in [-0.15, -0.1) is 0 Å². The Bertz CT molecular complexity index is 2040. The lowest BCUT2D eigenvalue weighted by atomic mass is 9.92. The first-order valence-corrected chi connectivity index (χ1v) is 12.2. The van der Waals surface area contributed by atoms with E-state index >= 15 is 0 Å². The lowest BCUT2D eigenvalue weighted by molar-refractivity contribution is 1.18. The lowest BCUT2D eigenvalue weighted by Crippen LogP contribution is -1.94. The van der Waals surface area contributed by atoms with Crippen molar-refractivity contribution in [3.63, 3.8) is 0 Å². The molecular formula is C34H17N5. The molecule has 1 heterocycles. The second kappa shape index (κ2) is 9.38. The Morgan fingerprint density at radius 1 is 0.615 bits per heavy atom. The van der Waals surface area contributed by atoms with Crippen LogP contribution in [0.2, 0.25) is 0 Å². The Kier molecular flexibility index (Phi) is 5.60. The van der Waals surface area contributed by atoms with Crippen molar-refractivity contribution in [2.75, 3.05) is 0 Å². The molecule has 0 N–H and O–H groups in total. The predicted molar refractivity (Wildman–Crippen MR) is 152 cm³/mol. The van der Waals surface area contributed by atoms with Gasteiger partial charge >= 0.3 is 0 Å². The van der Waals surface area contributed by atoms with Crippen molar-refractivity contribution in [2.24, 2.45) is 0 Å². The molecular weight excluding hydrogens is 478 g/mol. The predicted octanol–water partition coefficient (Wildman–Crippen LogP) is 8.28. The molecule has 0 bridgehead atoms. The third kappa shape index (κ3) is 3.60. The van der Waals surface area contributed by atoms with Crippen molar-refractivity contribution in [2.45, 2.75) is 0 Å². The van der Waals surface area contributed by atoms with E-state index < -0.39 is 0 Å². The molecule has 5 heteroatoms. The van der Waals surface area contributed by atoms with Gasteiger partial charge in [-0.05, 0) is 53.6 Å². The lowest BCUT2D eigenvalue weighted by Gasteiger charge is -2.11. The number of nitrogens with zero attached hydrogens (tertiary/aromatic N) is 5. The molecule has 5 nitrogen and oxygen atoms in total. The number of hydrogen-bond acceptors (Lipinski definition) is 3. The molecule has 0 spiro atoms. The van der Waals surface area contributed by atoms with Gasteiger partial charge in [-0.25, -0.2) is 4.85 Å². The van der Waals surface area contributed by atoms with Crippen molar-refractivity contribution in [1.82, 2.24) is 4.57 Å². The number of hydrogen-bond donors (Lipinski definition) is 0. The number of fused-ring (bicyclic) bond motifs is 3. The summed E-state index contributed by atoms with van der Waals surface area (Å²) >= 11 is 0. The highest BCUT2D eigenvalue weighted by Gasteiger charge is 2.21. The van der Waals surface area contributed by atoms with E-state index in [-0.39, 0.29) is 0 Å². The van der Waals surface area contributed by atoms with Crippen LogP contribution >= 0.6 is 0 Å². The molecule has 0 radical (unpaired) electrons. The van der Waals surface area contributed by atoms with Gasteiger partial charge in [-0.3, -0.25) is 0 Å². The first-order chi connectivity index (χ1) is 19.2. The molecule has 6 rings (SSSR count). The van der Waals surface area contributed by atoms with Gasteiger partial charge in [-0.2, -0.15) is 15.8 Å². The summed E-state index contributed by atoms with van der Waals surface area (Å²) in [7, 11) is 0. The van der Waals surface area contributed by atoms with E-state index in [1.807, 2.05) is 66.7 Å². The van der Waals surface area contributed by atoms with E-state index in [0.29, 0.717) is 33.5 Å². The number of nitriles is 3.